The van der Waals surface area contributed by atoms with E-state index in [0.717, 1.165) is 5.56 Å². The van der Waals surface area contributed by atoms with Gasteiger partial charge in [0.1, 0.15) is 0 Å². The molecule has 0 amide bonds. The van der Waals surface area contributed by atoms with E-state index in [9.17, 15) is 14.2 Å². The van der Waals surface area contributed by atoms with E-state index in [4.69, 9.17) is 0 Å². The topological polar surface area (TPSA) is 51.2 Å². The van der Waals surface area contributed by atoms with Crippen LogP contribution in [0.3, 0.4) is 0 Å². The highest BCUT2D eigenvalue weighted by molar-refractivity contribution is 7.93. The highest BCUT2D eigenvalue weighted by Gasteiger charge is 2.38. The Morgan fingerprint density at radius 1 is 0.606 bits per heavy atom. The average molecular weight is 452 g/mol. The van der Waals surface area contributed by atoms with Gasteiger partial charge < -0.3 is 4.57 Å². The minimum atomic E-state index is -3.68. The molecule has 4 rings (SSSR count). The van der Waals surface area contributed by atoms with Crippen LogP contribution in [-0.2, 0) is 4.57 Å². The van der Waals surface area contributed by atoms with Crippen LogP contribution in [0, 0.1) is 20.8 Å². The molecule has 4 aromatic carbocycles. The summed E-state index contributed by atoms with van der Waals surface area (Å²) < 4.78 is 14.6. The fourth-order valence-corrected chi connectivity index (χ4v) is 7.02. The zero-order valence-electron chi connectivity index (χ0n) is 18.9. The van der Waals surface area contributed by atoms with Crippen molar-refractivity contribution in [2.45, 2.75) is 20.8 Å². The summed E-state index contributed by atoms with van der Waals surface area (Å²) in [5.41, 5.74) is 3.03. The molecule has 0 bridgehead atoms. The van der Waals surface area contributed by atoms with E-state index < -0.39 is 12.7 Å². The Balaban J connectivity index is 1.95. The fraction of sp³-hybridized carbons (Fsp3) is 0.103. The molecule has 4 aromatic rings. The lowest BCUT2D eigenvalue weighted by Crippen LogP contribution is -2.24. The number of ketones is 1. The second-order valence-corrected chi connectivity index (χ2v) is 10.8. The molecule has 0 unspecified atom stereocenters. The Kier molecular flexibility index (Phi) is 6.26. The molecule has 0 radical (unpaired) electrons. The maximum atomic E-state index is 14.6. The molecular weight excluding hydrogens is 427 g/mol. The van der Waals surface area contributed by atoms with Crippen molar-refractivity contribution in [2.24, 2.45) is 0 Å². The van der Waals surface area contributed by atoms with Crippen molar-refractivity contribution in [1.29, 1.82) is 0 Å². The third-order valence-electron chi connectivity index (χ3n) is 5.97. The molecule has 0 aliphatic rings. The first-order chi connectivity index (χ1) is 15.9. The normalized spacial score (nSPS) is 11.2. The Hall–Kier alpha value is -3.55. The second-order valence-electron chi connectivity index (χ2n) is 8.17. The van der Waals surface area contributed by atoms with Crippen LogP contribution in [0.15, 0.2) is 97.1 Å². The molecule has 164 valence electrons. The summed E-state index contributed by atoms with van der Waals surface area (Å²) >= 11 is 0. The van der Waals surface area contributed by atoms with Crippen LogP contribution < -0.4 is 10.6 Å². The highest BCUT2D eigenvalue weighted by Crippen LogP contribution is 2.48. The van der Waals surface area contributed by atoms with Gasteiger partial charge in [0.25, 0.3) is 0 Å². The number of benzene rings is 4. The number of hydrogen-bond donors (Lipinski definition) is 0. The molecule has 0 aliphatic heterocycles. The molecule has 0 fully saturated rings. The number of rotatable bonds is 6. The molecule has 0 aliphatic carbocycles. The molecule has 0 saturated carbocycles. The van der Waals surface area contributed by atoms with Gasteiger partial charge in [0.2, 0.25) is 12.7 Å². The monoisotopic (exact) mass is 452 g/mol. The summed E-state index contributed by atoms with van der Waals surface area (Å²) in [5.74, 6) is -0.145. The summed E-state index contributed by atoms with van der Waals surface area (Å²) in [7, 11) is -3.68. The van der Waals surface area contributed by atoms with Crippen LogP contribution in [-0.4, -0.2) is 11.3 Å². The van der Waals surface area contributed by atoms with Crippen molar-refractivity contribution >= 4 is 29.1 Å². The summed E-state index contributed by atoms with van der Waals surface area (Å²) in [4.78, 5) is 27.5. The van der Waals surface area contributed by atoms with Crippen molar-refractivity contribution in [3.8, 4) is 0 Å². The van der Waals surface area contributed by atoms with E-state index in [1.807, 2.05) is 50.2 Å². The van der Waals surface area contributed by atoms with E-state index in [1.54, 1.807) is 67.6 Å². The smallest absolute Gasteiger partial charge is 0.230 e. The zero-order valence-corrected chi connectivity index (χ0v) is 19.8. The van der Waals surface area contributed by atoms with Crippen molar-refractivity contribution in [3.63, 3.8) is 0 Å². The largest absolute Gasteiger partial charge is 0.305 e. The van der Waals surface area contributed by atoms with E-state index in [0.29, 0.717) is 38.4 Å². The lowest BCUT2D eigenvalue weighted by atomic mass is 9.89. The number of hydrogen-bond acceptors (Lipinski definition) is 3. The molecule has 33 heavy (non-hydrogen) atoms. The van der Waals surface area contributed by atoms with Crippen molar-refractivity contribution < 1.29 is 14.2 Å². The first-order valence-electron chi connectivity index (χ1n) is 10.8. The third-order valence-corrected chi connectivity index (χ3v) is 8.82. The molecule has 0 atom stereocenters. The summed E-state index contributed by atoms with van der Waals surface area (Å²) in [6.45, 7) is 5.49. The molecule has 3 nitrogen and oxygen atoms in total. The first kappa shape index (κ1) is 22.6. The third kappa shape index (κ3) is 4.01. The van der Waals surface area contributed by atoms with Crippen LogP contribution in [0.25, 0.3) is 0 Å². The molecule has 0 aromatic heterocycles. The van der Waals surface area contributed by atoms with E-state index in [1.165, 1.54) is 0 Å². The number of carbonyl (C=O) groups is 2. The highest BCUT2D eigenvalue weighted by atomic mass is 31.2. The van der Waals surface area contributed by atoms with Gasteiger partial charge in [-0.3, -0.25) is 9.59 Å². The van der Waals surface area contributed by atoms with Crippen molar-refractivity contribution in [1.82, 2.24) is 0 Å². The zero-order chi connectivity index (χ0) is 23.6. The van der Waals surface area contributed by atoms with Crippen LogP contribution in [0.4, 0.5) is 0 Å². The first-order valence-corrected chi connectivity index (χ1v) is 12.5. The molecule has 4 heteroatoms. The van der Waals surface area contributed by atoms with Gasteiger partial charge in [-0.2, -0.15) is 0 Å². The van der Waals surface area contributed by atoms with Crippen LogP contribution in [0.1, 0.15) is 43.0 Å². The molecule has 0 saturated heterocycles. The summed E-state index contributed by atoms with van der Waals surface area (Å²) in [5, 5.41) is 0.966. The van der Waals surface area contributed by atoms with E-state index >= 15 is 0 Å². The standard InChI is InChI=1S/C29H25O3P/c1-20-19-21(2)27(22(3)26(20)28(30)23-13-7-4-8-14-23)29(31)33(32,24-15-9-5-10-16-24)25-17-11-6-12-18-25/h4-19H,1-3H3. The van der Waals surface area contributed by atoms with Gasteiger partial charge in [0.05, 0.1) is 0 Å². The van der Waals surface area contributed by atoms with Gasteiger partial charge >= 0.3 is 0 Å². The lowest BCUT2D eigenvalue weighted by Gasteiger charge is -2.22. The van der Waals surface area contributed by atoms with Gasteiger partial charge in [-0.15, -0.1) is 0 Å². The predicted octanol–water partition coefficient (Wildman–Crippen LogP) is 6.00. The fourth-order valence-electron chi connectivity index (χ4n) is 4.41. The predicted molar refractivity (Wildman–Crippen MR) is 135 cm³/mol. The van der Waals surface area contributed by atoms with E-state index in [-0.39, 0.29) is 5.78 Å². The quantitative estimate of drug-likeness (QED) is 0.266. The van der Waals surface area contributed by atoms with Crippen LogP contribution >= 0.6 is 7.14 Å². The Labute approximate surface area is 194 Å². The second kappa shape index (κ2) is 9.13. The lowest BCUT2D eigenvalue weighted by molar-refractivity contribution is 0.103. The van der Waals surface area contributed by atoms with Gasteiger partial charge in [-0.1, -0.05) is 97.1 Å². The maximum Gasteiger partial charge on any atom is 0.230 e. The van der Waals surface area contributed by atoms with Crippen molar-refractivity contribution in [3.05, 3.63) is 130 Å². The Morgan fingerprint density at radius 2 is 1.03 bits per heavy atom. The minimum absolute atomic E-state index is 0.145. The van der Waals surface area contributed by atoms with Crippen molar-refractivity contribution in [2.75, 3.05) is 0 Å². The molecular formula is C29H25O3P. The molecule has 0 spiro atoms. The van der Waals surface area contributed by atoms with Gasteiger partial charge in [0, 0.05) is 27.3 Å². The molecule has 0 heterocycles. The summed E-state index contributed by atoms with van der Waals surface area (Å²) in [6.07, 6.45) is 0. The Bertz CT molecular complexity index is 1330. The van der Waals surface area contributed by atoms with Gasteiger partial charge in [-0.25, -0.2) is 0 Å². The van der Waals surface area contributed by atoms with E-state index in [2.05, 4.69) is 0 Å². The van der Waals surface area contributed by atoms with Crippen LogP contribution in [0.5, 0.6) is 0 Å². The summed E-state index contributed by atoms with van der Waals surface area (Å²) in [6, 6.07) is 28.6. The van der Waals surface area contributed by atoms with Gasteiger partial charge in [0.15, 0.2) is 5.78 Å². The van der Waals surface area contributed by atoms with Crippen LogP contribution in [0.2, 0.25) is 0 Å². The molecule has 0 N–H and O–H groups in total. The average Bonchev–Trinajstić information content (AvgIpc) is 2.84. The number of carbonyl (C=O) groups excluding carboxylic acids is 2. The Morgan fingerprint density at radius 3 is 1.52 bits per heavy atom. The minimum Gasteiger partial charge on any atom is -0.305 e. The maximum absolute atomic E-state index is 14.6. The number of aryl methyl sites for hydroxylation is 2. The van der Waals surface area contributed by atoms with Gasteiger partial charge in [-0.05, 0) is 37.5 Å². The SMILES string of the molecule is Cc1cc(C)c(C(=O)P(=O)(c2ccccc2)c2ccccc2)c(C)c1C(=O)c1ccccc1.